The number of rotatable bonds is 6. The Morgan fingerprint density at radius 2 is 2.00 bits per heavy atom. The summed E-state index contributed by atoms with van der Waals surface area (Å²) in [5.41, 5.74) is 1.24. The molecule has 1 unspecified atom stereocenters. The van der Waals surface area contributed by atoms with Crippen molar-refractivity contribution in [2.75, 3.05) is 18.5 Å². The molecule has 0 aliphatic heterocycles. The molecule has 6 heteroatoms. The molecule has 0 spiro atoms. The molecule has 0 heterocycles. The number of amides is 2. The number of nitriles is 1. The van der Waals surface area contributed by atoms with Gasteiger partial charge in [-0.2, -0.15) is 5.26 Å². The Kier molecular flexibility index (Phi) is 6.29. The standard InChI is InChI=1S/C18H18FN3O2/c19-17-7-6-16(10-15(17)11-20)22-18(24)21-12-14(8-9-23)13-4-2-1-3-5-13/h1-7,10,14,23H,8-9,12H2,(H2,21,22,24). The van der Waals surface area contributed by atoms with Gasteiger partial charge in [-0.1, -0.05) is 30.3 Å². The molecule has 0 saturated heterocycles. The largest absolute Gasteiger partial charge is 0.396 e. The van der Waals surface area contributed by atoms with E-state index in [1.165, 1.54) is 12.1 Å². The molecule has 0 radical (unpaired) electrons. The van der Waals surface area contributed by atoms with Crippen molar-refractivity contribution in [2.24, 2.45) is 0 Å². The Balaban J connectivity index is 1.95. The number of anilines is 1. The molecule has 0 aliphatic rings. The van der Waals surface area contributed by atoms with Gasteiger partial charge >= 0.3 is 6.03 Å². The van der Waals surface area contributed by atoms with Crippen LogP contribution in [0.25, 0.3) is 0 Å². The molecule has 5 nitrogen and oxygen atoms in total. The van der Waals surface area contributed by atoms with Crippen LogP contribution in [0.2, 0.25) is 0 Å². The van der Waals surface area contributed by atoms with Gasteiger partial charge in [-0.15, -0.1) is 0 Å². The van der Waals surface area contributed by atoms with E-state index in [9.17, 15) is 14.3 Å². The lowest BCUT2D eigenvalue weighted by Gasteiger charge is -2.17. The number of halogens is 1. The van der Waals surface area contributed by atoms with E-state index in [-0.39, 0.29) is 18.1 Å². The lowest BCUT2D eigenvalue weighted by Crippen LogP contribution is -2.32. The van der Waals surface area contributed by atoms with Crippen LogP contribution in [0, 0.1) is 17.1 Å². The maximum atomic E-state index is 13.3. The van der Waals surface area contributed by atoms with Gasteiger partial charge in [0.05, 0.1) is 5.56 Å². The highest BCUT2D eigenvalue weighted by Gasteiger charge is 2.13. The van der Waals surface area contributed by atoms with E-state index < -0.39 is 11.8 Å². The molecule has 0 aliphatic carbocycles. The molecule has 0 bridgehead atoms. The number of carbonyl (C=O) groups excluding carboxylic acids is 1. The summed E-state index contributed by atoms with van der Waals surface area (Å²) in [6.07, 6.45) is 0.527. The van der Waals surface area contributed by atoms with Crippen LogP contribution in [0.5, 0.6) is 0 Å². The van der Waals surface area contributed by atoms with E-state index in [0.29, 0.717) is 18.7 Å². The molecule has 2 rings (SSSR count). The minimum absolute atomic E-state index is 0.00941. The highest BCUT2D eigenvalue weighted by Crippen LogP contribution is 2.18. The van der Waals surface area contributed by atoms with Crippen LogP contribution >= 0.6 is 0 Å². The monoisotopic (exact) mass is 327 g/mol. The molecule has 124 valence electrons. The lowest BCUT2D eigenvalue weighted by molar-refractivity contribution is 0.248. The van der Waals surface area contributed by atoms with Crippen LogP contribution in [-0.2, 0) is 0 Å². The highest BCUT2D eigenvalue weighted by molar-refractivity contribution is 5.89. The first kappa shape index (κ1) is 17.4. The third kappa shape index (κ3) is 4.80. The van der Waals surface area contributed by atoms with Crippen LogP contribution in [0.15, 0.2) is 48.5 Å². The molecular weight excluding hydrogens is 309 g/mol. The minimum Gasteiger partial charge on any atom is -0.396 e. The Morgan fingerprint density at radius 3 is 2.67 bits per heavy atom. The third-order valence-corrected chi connectivity index (χ3v) is 3.60. The van der Waals surface area contributed by atoms with Crippen molar-refractivity contribution in [3.63, 3.8) is 0 Å². The van der Waals surface area contributed by atoms with Crippen molar-refractivity contribution in [2.45, 2.75) is 12.3 Å². The van der Waals surface area contributed by atoms with Crippen molar-refractivity contribution >= 4 is 11.7 Å². The summed E-state index contributed by atoms with van der Waals surface area (Å²) < 4.78 is 13.3. The molecule has 0 aromatic heterocycles. The quantitative estimate of drug-likeness (QED) is 0.762. The van der Waals surface area contributed by atoms with Gasteiger partial charge in [0.2, 0.25) is 0 Å². The average molecular weight is 327 g/mol. The molecule has 1 atom stereocenters. The van der Waals surface area contributed by atoms with Crippen molar-refractivity contribution in [3.05, 3.63) is 65.5 Å². The van der Waals surface area contributed by atoms with Gasteiger partial charge in [0.25, 0.3) is 0 Å². The summed E-state index contributed by atoms with van der Waals surface area (Å²) in [5.74, 6) is -0.639. The Labute approximate surface area is 139 Å². The highest BCUT2D eigenvalue weighted by atomic mass is 19.1. The fourth-order valence-electron chi connectivity index (χ4n) is 2.35. The van der Waals surface area contributed by atoms with E-state index in [2.05, 4.69) is 10.6 Å². The zero-order valence-corrected chi connectivity index (χ0v) is 13.0. The number of carbonyl (C=O) groups is 1. The molecule has 2 aromatic carbocycles. The topological polar surface area (TPSA) is 85.2 Å². The van der Waals surface area contributed by atoms with E-state index in [1.807, 2.05) is 30.3 Å². The minimum atomic E-state index is -0.629. The zero-order chi connectivity index (χ0) is 17.4. The number of hydrogen-bond acceptors (Lipinski definition) is 3. The van der Waals surface area contributed by atoms with Gasteiger partial charge in [0.15, 0.2) is 0 Å². The summed E-state index contributed by atoms with van der Waals surface area (Å²) in [4.78, 5) is 12.0. The molecule has 2 amide bonds. The van der Waals surface area contributed by atoms with E-state index in [1.54, 1.807) is 6.07 Å². The Hall–Kier alpha value is -2.91. The third-order valence-electron chi connectivity index (χ3n) is 3.60. The molecular formula is C18H18FN3O2. The van der Waals surface area contributed by atoms with E-state index in [4.69, 9.17) is 5.26 Å². The van der Waals surface area contributed by atoms with Crippen LogP contribution < -0.4 is 10.6 Å². The first-order chi connectivity index (χ1) is 11.6. The van der Waals surface area contributed by atoms with Gasteiger partial charge < -0.3 is 15.7 Å². The maximum absolute atomic E-state index is 13.3. The van der Waals surface area contributed by atoms with Crippen LogP contribution in [0.4, 0.5) is 14.9 Å². The number of aliphatic hydroxyl groups excluding tert-OH is 1. The fraction of sp³-hybridized carbons (Fsp3) is 0.222. The molecule has 0 saturated carbocycles. The molecule has 3 N–H and O–H groups in total. The summed E-state index contributed by atoms with van der Waals surface area (Å²) >= 11 is 0. The van der Waals surface area contributed by atoms with E-state index >= 15 is 0 Å². The Bertz CT molecular complexity index is 729. The molecule has 0 fully saturated rings. The normalized spacial score (nSPS) is 11.4. The Morgan fingerprint density at radius 1 is 1.25 bits per heavy atom. The summed E-state index contributed by atoms with van der Waals surface area (Å²) in [7, 11) is 0. The maximum Gasteiger partial charge on any atom is 0.319 e. The van der Waals surface area contributed by atoms with Gasteiger partial charge in [-0.05, 0) is 30.2 Å². The average Bonchev–Trinajstić information content (AvgIpc) is 2.61. The summed E-state index contributed by atoms with van der Waals surface area (Å²) in [6.45, 7) is 0.370. The van der Waals surface area contributed by atoms with Crippen LogP contribution in [0.3, 0.4) is 0 Å². The van der Waals surface area contributed by atoms with Gasteiger partial charge in [0.1, 0.15) is 11.9 Å². The number of benzene rings is 2. The van der Waals surface area contributed by atoms with Gasteiger partial charge in [-0.3, -0.25) is 0 Å². The molecule has 2 aromatic rings. The molecule has 24 heavy (non-hydrogen) atoms. The summed E-state index contributed by atoms with van der Waals surface area (Å²) in [6, 6.07) is 14.7. The number of hydrogen-bond donors (Lipinski definition) is 3. The fourth-order valence-corrected chi connectivity index (χ4v) is 2.35. The predicted octanol–water partition coefficient (Wildman–Crippen LogP) is 2.99. The van der Waals surface area contributed by atoms with Crippen molar-refractivity contribution in [1.29, 1.82) is 5.26 Å². The summed E-state index contributed by atoms with van der Waals surface area (Å²) in [5, 5.41) is 23.3. The number of nitrogens with zero attached hydrogens (tertiary/aromatic N) is 1. The number of aliphatic hydroxyl groups is 1. The first-order valence-corrected chi connectivity index (χ1v) is 7.54. The van der Waals surface area contributed by atoms with Crippen molar-refractivity contribution < 1.29 is 14.3 Å². The van der Waals surface area contributed by atoms with Crippen LogP contribution in [0.1, 0.15) is 23.5 Å². The van der Waals surface area contributed by atoms with Crippen LogP contribution in [-0.4, -0.2) is 24.3 Å². The zero-order valence-electron chi connectivity index (χ0n) is 13.0. The van der Waals surface area contributed by atoms with E-state index in [0.717, 1.165) is 11.6 Å². The number of urea groups is 1. The first-order valence-electron chi connectivity index (χ1n) is 7.54. The second-order valence-corrected chi connectivity index (χ2v) is 5.26. The van der Waals surface area contributed by atoms with Gasteiger partial charge in [-0.25, -0.2) is 9.18 Å². The smallest absolute Gasteiger partial charge is 0.319 e. The SMILES string of the molecule is N#Cc1cc(NC(=O)NCC(CCO)c2ccccc2)ccc1F. The lowest BCUT2D eigenvalue weighted by atomic mass is 9.96. The second kappa shape index (κ2) is 8.65. The predicted molar refractivity (Wildman–Crippen MR) is 89.0 cm³/mol. The van der Waals surface area contributed by atoms with Gasteiger partial charge in [0, 0.05) is 24.8 Å². The van der Waals surface area contributed by atoms with Crippen molar-refractivity contribution in [1.82, 2.24) is 5.32 Å². The second-order valence-electron chi connectivity index (χ2n) is 5.26. The van der Waals surface area contributed by atoms with Crippen molar-refractivity contribution in [3.8, 4) is 6.07 Å². The number of nitrogens with one attached hydrogen (secondary N) is 2.